The molecular weight excluding hydrogens is 678 g/mol. The number of piperidine rings is 1. The van der Waals surface area contributed by atoms with Crippen molar-refractivity contribution < 1.29 is 47.2 Å². The molecule has 0 amide bonds. The number of anilines is 1. The largest absolute Gasteiger partial charge is 0.516 e. The summed E-state index contributed by atoms with van der Waals surface area (Å²) in [7, 11) is -13.1. The molecular formula is C29H32F5N3O6S3. The average Bonchev–Trinajstić information content (AvgIpc) is 2.96. The summed E-state index contributed by atoms with van der Waals surface area (Å²) in [4.78, 5) is 2.03. The highest BCUT2D eigenvalue weighted by Crippen LogP contribution is 2.31. The number of rotatable bonds is 12. The molecule has 252 valence electrons. The molecule has 3 aromatic rings. The maximum atomic E-state index is 14.1. The monoisotopic (exact) mass is 709 g/mol. The summed E-state index contributed by atoms with van der Waals surface area (Å²) in [6, 6.07) is 13.3. The standard InChI is InChI=1S/C29H32F5N3O6S3/c1-44(38,39)26-6-2-21(3-7-26)28(22-16-23(30)18-24(31)17-22)12-15-37-13-10-20(11-14-37)19-35-45(40,41)27-8-4-25(5-9-27)36-46(42,43)29(32,33)34/h2-9,16-18,20,28,35-36H,10-15,19H2,1H3/t28-/m1/s1. The van der Waals surface area contributed by atoms with E-state index in [0.29, 0.717) is 50.0 Å². The molecule has 4 rings (SSSR count). The molecule has 0 aromatic heterocycles. The molecule has 0 bridgehead atoms. The molecule has 1 atom stereocenters. The molecule has 0 unspecified atom stereocenters. The van der Waals surface area contributed by atoms with Gasteiger partial charge in [0.05, 0.1) is 9.79 Å². The van der Waals surface area contributed by atoms with Gasteiger partial charge in [0.1, 0.15) is 11.6 Å². The van der Waals surface area contributed by atoms with E-state index in [0.717, 1.165) is 36.6 Å². The predicted molar refractivity (Wildman–Crippen MR) is 162 cm³/mol. The highest BCUT2D eigenvalue weighted by molar-refractivity contribution is 7.93. The van der Waals surface area contributed by atoms with Crippen molar-refractivity contribution >= 4 is 35.6 Å². The molecule has 0 spiro atoms. The first kappa shape index (κ1) is 35.7. The second-order valence-electron chi connectivity index (χ2n) is 11.1. The van der Waals surface area contributed by atoms with Crippen molar-refractivity contribution in [2.45, 2.75) is 40.5 Å². The van der Waals surface area contributed by atoms with Crippen molar-refractivity contribution in [2.24, 2.45) is 5.92 Å². The van der Waals surface area contributed by atoms with Gasteiger partial charge in [-0.15, -0.1) is 0 Å². The minimum Gasteiger partial charge on any atom is -0.303 e. The Labute approximate surface area is 264 Å². The summed E-state index contributed by atoms with van der Waals surface area (Å²) < 4.78 is 142. The number of benzene rings is 3. The van der Waals surface area contributed by atoms with Crippen molar-refractivity contribution in [1.82, 2.24) is 9.62 Å². The van der Waals surface area contributed by atoms with Crippen LogP contribution in [0.2, 0.25) is 0 Å². The van der Waals surface area contributed by atoms with Gasteiger partial charge in [-0.1, -0.05) is 12.1 Å². The van der Waals surface area contributed by atoms with Gasteiger partial charge in [0.15, 0.2) is 9.84 Å². The van der Waals surface area contributed by atoms with Gasteiger partial charge in [-0.3, -0.25) is 4.72 Å². The van der Waals surface area contributed by atoms with Crippen molar-refractivity contribution in [3.63, 3.8) is 0 Å². The number of likely N-dealkylation sites (tertiary alicyclic amines) is 1. The molecule has 17 heteroatoms. The summed E-state index contributed by atoms with van der Waals surface area (Å²) in [6.45, 7) is 1.91. The number of nitrogens with zero attached hydrogens (tertiary/aromatic N) is 1. The van der Waals surface area contributed by atoms with Gasteiger partial charge >= 0.3 is 15.5 Å². The number of nitrogens with one attached hydrogen (secondary N) is 2. The second-order valence-corrected chi connectivity index (χ2v) is 16.6. The summed E-state index contributed by atoms with van der Waals surface area (Å²) in [6.07, 6.45) is 2.85. The summed E-state index contributed by atoms with van der Waals surface area (Å²) in [5.74, 6) is -1.88. The minimum absolute atomic E-state index is 0.0134. The summed E-state index contributed by atoms with van der Waals surface area (Å²) in [5.41, 5.74) is -4.85. The molecule has 0 radical (unpaired) electrons. The lowest BCUT2D eigenvalue weighted by Crippen LogP contribution is -2.39. The molecule has 1 fully saturated rings. The van der Waals surface area contributed by atoms with Gasteiger partial charge in [0, 0.05) is 30.5 Å². The molecule has 1 aliphatic rings. The fraction of sp³-hybridized carbons (Fsp3) is 0.379. The van der Waals surface area contributed by atoms with Gasteiger partial charge in [-0.2, -0.15) is 21.6 Å². The van der Waals surface area contributed by atoms with Gasteiger partial charge in [0.25, 0.3) is 0 Å². The highest BCUT2D eigenvalue weighted by Gasteiger charge is 2.46. The van der Waals surface area contributed by atoms with E-state index >= 15 is 0 Å². The molecule has 0 saturated carbocycles. The minimum atomic E-state index is -5.65. The Bertz CT molecular complexity index is 1830. The van der Waals surface area contributed by atoms with Crippen LogP contribution in [0.4, 0.5) is 27.6 Å². The molecule has 9 nitrogen and oxygen atoms in total. The molecule has 2 N–H and O–H groups in total. The van der Waals surface area contributed by atoms with Gasteiger partial charge in [-0.25, -0.2) is 30.3 Å². The lowest BCUT2D eigenvalue weighted by Gasteiger charge is -2.33. The number of alkyl halides is 3. The van der Waals surface area contributed by atoms with Crippen LogP contribution in [0.3, 0.4) is 0 Å². The normalized spacial score (nSPS) is 16.3. The van der Waals surface area contributed by atoms with E-state index in [2.05, 4.69) is 9.62 Å². The van der Waals surface area contributed by atoms with Gasteiger partial charge < -0.3 is 4.90 Å². The fourth-order valence-electron chi connectivity index (χ4n) is 5.20. The Hall–Kier alpha value is -3.12. The summed E-state index contributed by atoms with van der Waals surface area (Å²) in [5, 5.41) is 0. The van der Waals surface area contributed by atoms with Crippen molar-refractivity contribution in [3.05, 3.63) is 89.5 Å². The van der Waals surface area contributed by atoms with Crippen molar-refractivity contribution in [2.75, 3.05) is 37.2 Å². The number of sulfone groups is 1. The van der Waals surface area contributed by atoms with Gasteiger partial charge in [0.2, 0.25) is 10.0 Å². The predicted octanol–water partition coefficient (Wildman–Crippen LogP) is 4.84. The van der Waals surface area contributed by atoms with E-state index in [1.165, 1.54) is 29.0 Å². The topological polar surface area (TPSA) is 130 Å². The quantitative estimate of drug-likeness (QED) is 0.258. The zero-order chi connectivity index (χ0) is 33.9. The van der Waals surface area contributed by atoms with E-state index in [9.17, 15) is 47.2 Å². The Kier molecular flexibility index (Phi) is 10.8. The lowest BCUT2D eigenvalue weighted by atomic mass is 9.87. The maximum absolute atomic E-state index is 14.1. The number of sulfonamides is 2. The number of hydrogen-bond donors (Lipinski definition) is 2. The first-order valence-electron chi connectivity index (χ1n) is 14.0. The van der Waals surface area contributed by atoms with E-state index < -0.39 is 58.6 Å². The third-order valence-corrected chi connectivity index (χ3v) is 11.4. The number of halogens is 5. The Balaban J connectivity index is 1.33. The lowest BCUT2D eigenvalue weighted by molar-refractivity contribution is -0.0429. The average molecular weight is 710 g/mol. The van der Waals surface area contributed by atoms with Crippen LogP contribution in [0.25, 0.3) is 0 Å². The Morgan fingerprint density at radius 2 is 1.35 bits per heavy atom. The molecule has 0 aliphatic carbocycles. The Morgan fingerprint density at radius 1 is 0.804 bits per heavy atom. The summed E-state index contributed by atoms with van der Waals surface area (Å²) >= 11 is 0. The van der Waals surface area contributed by atoms with E-state index in [4.69, 9.17) is 0 Å². The molecule has 46 heavy (non-hydrogen) atoms. The van der Waals surface area contributed by atoms with E-state index in [1.807, 2.05) is 0 Å². The highest BCUT2D eigenvalue weighted by atomic mass is 32.2. The van der Waals surface area contributed by atoms with Crippen molar-refractivity contribution in [3.8, 4) is 0 Å². The van der Waals surface area contributed by atoms with Crippen LogP contribution in [-0.4, -0.2) is 68.1 Å². The fourth-order valence-corrected chi connectivity index (χ4v) is 7.51. The second kappa shape index (κ2) is 13.9. The first-order valence-corrected chi connectivity index (χ1v) is 18.9. The molecule has 1 saturated heterocycles. The maximum Gasteiger partial charge on any atom is 0.516 e. The number of hydrogen-bond acceptors (Lipinski definition) is 7. The molecule has 1 heterocycles. The van der Waals surface area contributed by atoms with Crippen LogP contribution >= 0.6 is 0 Å². The third kappa shape index (κ3) is 9.24. The van der Waals surface area contributed by atoms with Crippen LogP contribution in [0.15, 0.2) is 76.5 Å². The first-order chi connectivity index (χ1) is 21.3. The van der Waals surface area contributed by atoms with E-state index in [-0.39, 0.29) is 22.3 Å². The zero-order valence-corrected chi connectivity index (χ0v) is 26.9. The van der Waals surface area contributed by atoms with Crippen LogP contribution in [0.1, 0.15) is 36.3 Å². The molecule has 1 aliphatic heterocycles. The van der Waals surface area contributed by atoms with Crippen LogP contribution < -0.4 is 9.44 Å². The van der Waals surface area contributed by atoms with E-state index in [1.54, 1.807) is 12.1 Å². The molecule has 3 aromatic carbocycles. The van der Waals surface area contributed by atoms with Gasteiger partial charge in [-0.05, 0) is 104 Å². The van der Waals surface area contributed by atoms with Crippen LogP contribution in [-0.2, 0) is 29.9 Å². The third-order valence-electron chi connectivity index (χ3n) is 7.72. The smallest absolute Gasteiger partial charge is 0.303 e. The van der Waals surface area contributed by atoms with Crippen molar-refractivity contribution in [1.29, 1.82) is 0 Å². The SMILES string of the molecule is CS(=O)(=O)c1ccc([C@@H](CCN2CCC(CNS(=O)(=O)c3ccc(NS(=O)(=O)C(F)(F)F)cc3)CC2)c2cc(F)cc(F)c2)cc1. The van der Waals surface area contributed by atoms with Crippen LogP contribution in [0, 0.1) is 17.6 Å². The Morgan fingerprint density at radius 3 is 1.87 bits per heavy atom. The van der Waals surface area contributed by atoms with Crippen LogP contribution in [0.5, 0.6) is 0 Å². The zero-order valence-electron chi connectivity index (χ0n) is 24.5.